The molecule has 0 radical (unpaired) electrons. The summed E-state index contributed by atoms with van der Waals surface area (Å²) < 4.78 is 5.40. The van der Waals surface area contributed by atoms with E-state index in [-0.39, 0.29) is 22.5 Å². The molecule has 0 spiro atoms. The van der Waals surface area contributed by atoms with Crippen molar-refractivity contribution in [1.82, 2.24) is 9.97 Å². The largest absolute Gasteiger partial charge is 0.432 e. The van der Waals surface area contributed by atoms with E-state index in [4.69, 9.17) is 16.3 Å². The Hall–Kier alpha value is -1.86. The average molecular weight is 298 g/mol. The molecule has 0 saturated carbocycles. The zero-order chi connectivity index (χ0) is 13.8. The predicted molar refractivity (Wildman–Crippen MR) is 72.0 cm³/mol. The minimum Gasteiger partial charge on any atom is -0.432 e. The Balaban J connectivity index is 2.36. The monoisotopic (exact) mass is 297 g/mol. The lowest BCUT2D eigenvalue weighted by molar-refractivity contribution is -0.385. The van der Waals surface area contributed by atoms with Crippen molar-refractivity contribution in [3.8, 4) is 11.6 Å². The van der Waals surface area contributed by atoms with Gasteiger partial charge in [0.25, 0.3) is 0 Å². The molecule has 0 amide bonds. The van der Waals surface area contributed by atoms with Crippen LogP contribution >= 0.6 is 23.4 Å². The van der Waals surface area contributed by atoms with Crippen LogP contribution in [0.3, 0.4) is 0 Å². The molecule has 1 aromatic carbocycles. The van der Waals surface area contributed by atoms with Gasteiger partial charge in [0.2, 0.25) is 11.6 Å². The summed E-state index contributed by atoms with van der Waals surface area (Å²) in [6.45, 7) is 0. The molecule has 0 N–H and O–H groups in total. The number of hydrogen-bond acceptors (Lipinski definition) is 6. The van der Waals surface area contributed by atoms with Crippen molar-refractivity contribution in [2.75, 3.05) is 6.26 Å². The highest BCUT2D eigenvalue weighted by atomic mass is 35.5. The fourth-order valence-corrected chi connectivity index (χ4v) is 1.92. The first-order valence-corrected chi connectivity index (χ1v) is 6.70. The molecule has 0 unspecified atom stereocenters. The van der Waals surface area contributed by atoms with Crippen LogP contribution in [0.2, 0.25) is 5.15 Å². The van der Waals surface area contributed by atoms with Gasteiger partial charge in [-0.2, -0.15) is 4.98 Å². The second-order valence-electron chi connectivity index (χ2n) is 3.34. The van der Waals surface area contributed by atoms with E-state index < -0.39 is 4.92 Å². The Morgan fingerprint density at radius 1 is 1.37 bits per heavy atom. The van der Waals surface area contributed by atoms with E-state index in [2.05, 4.69) is 9.97 Å². The van der Waals surface area contributed by atoms with Crippen LogP contribution in [0.1, 0.15) is 0 Å². The van der Waals surface area contributed by atoms with Crippen molar-refractivity contribution in [2.24, 2.45) is 0 Å². The molecule has 19 heavy (non-hydrogen) atoms. The van der Waals surface area contributed by atoms with Crippen molar-refractivity contribution in [1.29, 1.82) is 0 Å². The van der Waals surface area contributed by atoms with Crippen LogP contribution in [-0.4, -0.2) is 21.1 Å². The topological polar surface area (TPSA) is 78.2 Å². The summed E-state index contributed by atoms with van der Waals surface area (Å²) >= 11 is 7.12. The maximum absolute atomic E-state index is 10.9. The fraction of sp³-hybridized carbons (Fsp3) is 0.0909. The van der Waals surface area contributed by atoms with Gasteiger partial charge in [-0.15, -0.1) is 0 Å². The maximum atomic E-state index is 10.9. The first-order valence-electron chi connectivity index (χ1n) is 5.10. The zero-order valence-corrected chi connectivity index (χ0v) is 11.3. The SMILES string of the molecule is CSc1nc(Cl)cc(Oc2ccccc2[N+](=O)[O-])n1. The molecule has 2 rings (SSSR count). The van der Waals surface area contributed by atoms with Crippen LogP contribution in [0, 0.1) is 10.1 Å². The quantitative estimate of drug-likeness (QED) is 0.282. The Bertz CT molecular complexity index is 624. The predicted octanol–water partition coefficient (Wildman–Crippen LogP) is 3.55. The van der Waals surface area contributed by atoms with Gasteiger partial charge in [-0.3, -0.25) is 10.1 Å². The van der Waals surface area contributed by atoms with Crippen LogP contribution < -0.4 is 4.74 Å². The van der Waals surface area contributed by atoms with Crippen molar-refractivity contribution in [3.63, 3.8) is 0 Å². The number of thioether (sulfide) groups is 1. The molecule has 0 saturated heterocycles. The first-order chi connectivity index (χ1) is 9.10. The highest BCUT2D eigenvalue weighted by Gasteiger charge is 2.15. The summed E-state index contributed by atoms with van der Waals surface area (Å²) in [6, 6.07) is 7.45. The smallest absolute Gasteiger partial charge is 0.311 e. The minimum atomic E-state index is -0.520. The van der Waals surface area contributed by atoms with Gasteiger partial charge in [0, 0.05) is 12.1 Å². The number of nitro groups is 1. The van der Waals surface area contributed by atoms with Gasteiger partial charge in [0.05, 0.1) is 4.92 Å². The lowest BCUT2D eigenvalue weighted by atomic mass is 10.3. The molecule has 8 heteroatoms. The van der Waals surface area contributed by atoms with Gasteiger partial charge in [-0.1, -0.05) is 35.5 Å². The first kappa shape index (κ1) is 13.6. The number of hydrogen-bond donors (Lipinski definition) is 0. The normalized spacial score (nSPS) is 10.2. The summed E-state index contributed by atoms with van der Waals surface area (Å²) in [5.74, 6) is 0.271. The minimum absolute atomic E-state index is 0.106. The average Bonchev–Trinajstić information content (AvgIpc) is 2.38. The highest BCUT2D eigenvalue weighted by molar-refractivity contribution is 7.98. The number of halogens is 1. The van der Waals surface area contributed by atoms with Gasteiger partial charge in [0.15, 0.2) is 5.16 Å². The molecule has 0 bridgehead atoms. The van der Waals surface area contributed by atoms with Gasteiger partial charge in [-0.25, -0.2) is 4.98 Å². The number of aromatic nitrogens is 2. The van der Waals surface area contributed by atoms with Crippen molar-refractivity contribution in [3.05, 3.63) is 45.6 Å². The number of rotatable bonds is 4. The van der Waals surface area contributed by atoms with E-state index in [1.807, 2.05) is 0 Å². The van der Waals surface area contributed by atoms with Crippen molar-refractivity contribution < 1.29 is 9.66 Å². The molecule has 0 aliphatic heterocycles. The molecule has 98 valence electrons. The second kappa shape index (κ2) is 5.85. The third-order valence-electron chi connectivity index (χ3n) is 2.11. The van der Waals surface area contributed by atoms with E-state index in [0.717, 1.165) is 0 Å². The lowest BCUT2D eigenvalue weighted by Gasteiger charge is -2.06. The van der Waals surface area contributed by atoms with Gasteiger partial charge in [-0.05, 0) is 12.3 Å². The summed E-state index contributed by atoms with van der Waals surface area (Å²) in [6.07, 6.45) is 1.79. The van der Waals surface area contributed by atoms with Crippen LogP contribution in [0.25, 0.3) is 0 Å². The van der Waals surface area contributed by atoms with Crippen LogP contribution in [0.5, 0.6) is 11.6 Å². The second-order valence-corrected chi connectivity index (χ2v) is 4.50. The number of benzene rings is 1. The van der Waals surface area contributed by atoms with Gasteiger partial charge in [0.1, 0.15) is 5.15 Å². The van der Waals surface area contributed by atoms with Gasteiger partial charge < -0.3 is 4.74 Å². The number of nitro benzene ring substituents is 1. The van der Waals surface area contributed by atoms with E-state index in [1.54, 1.807) is 18.4 Å². The molecule has 1 heterocycles. The molecule has 6 nitrogen and oxygen atoms in total. The zero-order valence-electron chi connectivity index (χ0n) is 9.74. The Morgan fingerprint density at radius 2 is 2.11 bits per heavy atom. The van der Waals surface area contributed by atoms with Crippen molar-refractivity contribution in [2.45, 2.75) is 5.16 Å². The number of nitrogens with zero attached hydrogens (tertiary/aromatic N) is 3. The van der Waals surface area contributed by atoms with E-state index in [9.17, 15) is 10.1 Å². The summed E-state index contributed by atoms with van der Waals surface area (Å²) in [5, 5.41) is 11.5. The van der Waals surface area contributed by atoms with Crippen LogP contribution in [0.4, 0.5) is 5.69 Å². The molecule has 0 aliphatic carbocycles. The summed E-state index contributed by atoms with van der Waals surface area (Å²) in [7, 11) is 0. The molecular formula is C11H8ClN3O3S. The Labute approximate surface area is 117 Å². The standard InChI is InChI=1S/C11H8ClN3O3S/c1-19-11-13-9(12)6-10(14-11)18-8-5-3-2-4-7(8)15(16)17/h2-6H,1H3. The third-order valence-corrected chi connectivity index (χ3v) is 2.85. The molecule has 0 fully saturated rings. The summed E-state index contributed by atoms with van der Waals surface area (Å²) in [4.78, 5) is 18.4. The van der Waals surface area contributed by atoms with Crippen LogP contribution in [0.15, 0.2) is 35.5 Å². The van der Waals surface area contributed by atoms with Gasteiger partial charge >= 0.3 is 5.69 Å². The Morgan fingerprint density at radius 3 is 2.79 bits per heavy atom. The third kappa shape index (κ3) is 3.33. The molecule has 2 aromatic rings. The van der Waals surface area contributed by atoms with E-state index >= 15 is 0 Å². The molecule has 0 aliphatic rings. The molecule has 0 atom stereocenters. The fourth-order valence-electron chi connectivity index (χ4n) is 1.33. The van der Waals surface area contributed by atoms with Crippen molar-refractivity contribution >= 4 is 29.1 Å². The molecular weight excluding hydrogens is 290 g/mol. The number of ether oxygens (including phenoxy) is 1. The summed E-state index contributed by atoms with van der Waals surface area (Å²) in [5.41, 5.74) is -0.136. The highest BCUT2D eigenvalue weighted by Crippen LogP contribution is 2.31. The molecule has 1 aromatic heterocycles. The maximum Gasteiger partial charge on any atom is 0.311 e. The Kier molecular flexibility index (Phi) is 4.18. The van der Waals surface area contributed by atoms with Crippen LogP contribution in [-0.2, 0) is 0 Å². The van der Waals surface area contributed by atoms with E-state index in [0.29, 0.717) is 5.16 Å². The van der Waals surface area contributed by atoms with E-state index in [1.165, 1.54) is 30.0 Å². The number of para-hydroxylation sites is 2. The lowest BCUT2D eigenvalue weighted by Crippen LogP contribution is -1.96.